The summed E-state index contributed by atoms with van der Waals surface area (Å²) in [6.45, 7) is -0.299. The molecule has 3 rings (SSSR count). The molecule has 3 nitrogen and oxygen atoms in total. The summed E-state index contributed by atoms with van der Waals surface area (Å²) in [5, 5.41) is 21.3. The van der Waals surface area contributed by atoms with Crippen LogP contribution in [0.5, 0.6) is 0 Å². The number of hydrogen-bond donors (Lipinski definition) is 2. The number of hydrogen-bond acceptors (Lipinski definition) is 2. The molecule has 3 aromatic rings. The van der Waals surface area contributed by atoms with E-state index in [9.17, 15) is 10.2 Å². The molecule has 0 fully saturated rings. The second-order valence-corrected chi connectivity index (χ2v) is 5.47. The maximum atomic E-state index is 10.3. The number of benzene rings is 2. The Labute approximate surface area is 128 Å². The number of aliphatic hydroxyl groups excluding tert-OH is 2. The molecule has 2 aromatic carbocycles. The fourth-order valence-electron chi connectivity index (χ4n) is 2.70. The zero-order valence-electron chi connectivity index (χ0n) is 11.4. The van der Waals surface area contributed by atoms with Gasteiger partial charge in [0.15, 0.2) is 0 Å². The molecule has 2 atom stereocenters. The predicted octanol–water partition coefficient (Wildman–Crippen LogP) is 3.24. The molecule has 0 aliphatic heterocycles. The number of rotatable bonds is 4. The Balaban J connectivity index is 2.15. The lowest BCUT2D eigenvalue weighted by Crippen LogP contribution is -2.27. The summed E-state index contributed by atoms with van der Waals surface area (Å²) in [5.74, 6) is 0. The lowest BCUT2D eigenvalue weighted by Gasteiger charge is -2.25. The summed E-state index contributed by atoms with van der Waals surface area (Å²) in [4.78, 5) is 0. The molecule has 21 heavy (non-hydrogen) atoms. The van der Waals surface area contributed by atoms with Crippen LogP contribution in [0.1, 0.15) is 11.6 Å². The van der Waals surface area contributed by atoms with Crippen LogP contribution in [0.25, 0.3) is 10.9 Å². The van der Waals surface area contributed by atoms with E-state index in [-0.39, 0.29) is 12.6 Å². The van der Waals surface area contributed by atoms with Gasteiger partial charge in [-0.2, -0.15) is 0 Å². The van der Waals surface area contributed by atoms with Crippen LogP contribution in [0.4, 0.5) is 0 Å². The highest BCUT2D eigenvalue weighted by molar-refractivity contribution is 6.31. The van der Waals surface area contributed by atoms with Crippen LogP contribution in [-0.4, -0.2) is 27.5 Å². The van der Waals surface area contributed by atoms with Gasteiger partial charge in [0.05, 0.1) is 12.6 Å². The van der Waals surface area contributed by atoms with Crippen molar-refractivity contribution in [3.05, 3.63) is 71.4 Å². The Morgan fingerprint density at radius 2 is 1.81 bits per heavy atom. The molecular formula is C17H16ClNO2. The first-order valence-electron chi connectivity index (χ1n) is 6.80. The van der Waals surface area contributed by atoms with E-state index in [1.807, 2.05) is 65.4 Å². The molecule has 0 spiro atoms. The van der Waals surface area contributed by atoms with E-state index in [4.69, 9.17) is 11.6 Å². The highest BCUT2D eigenvalue weighted by atomic mass is 35.5. The average molecular weight is 302 g/mol. The Hall–Kier alpha value is -1.81. The predicted molar refractivity (Wildman–Crippen MR) is 84.6 cm³/mol. The van der Waals surface area contributed by atoms with Crippen molar-refractivity contribution in [3.63, 3.8) is 0 Å². The van der Waals surface area contributed by atoms with Crippen molar-refractivity contribution in [2.75, 3.05) is 6.61 Å². The largest absolute Gasteiger partial charge is 0.394 e. The Kier molecular flexibility index (Phi) is 3.97. The van der Waals surface area contributed by atoms with E-state index in [1.165, 1.54) is 0 Å². The molecule has 108 valence electrons. The third-order valence-corrected chi connectivity index (χ3v) is 3.91. The van der Waals surface area contributed by atoms with Gasteiger partial charge in [0.1, 0.15) is 6.10 Å². The van der Waals surface area contributed by atoms with Gasteiger partial charge in [-0.05, 0) is 29.8 Å². The summed E-state index contributed by atoms with van der Waals surface area (Å²) in [6.07, 6.45) is 1.04. The lowest BCUT2D eigenvalue weighted by atomic mass is 10.0. The van der Waals surface area contributed by atoms with E-state index < -0.39 is 6.10 Å². The van der Waals surface area contributed by atoms with Crippen molar-refractivity contribution in [2.24, 2.45) is 0 Å². The van der Waals surface area contributed by atoms with E-state index in [0.717, 1.165) is 16.5 Å². The monoisotopic (exact) mass is 301 g/mol. The van der Waals surface area contributed by atoms with Crippen molar-refractivity contribution in [1.82, 2.24) is 4.57 Å². The molecule has 1 heterocycles. The fraction of sp³-hybridized carbons (Fsp3) is 0.176. The SMILES string of the molecule is OC[C@@H](O)[C@H](c1ccccc1)n1ccc2cc(Cl)ccc21. The molecule has 0 unspecified atom stereocenters. The minimum absolute atomic E-state index is 0.299. The first-order chi connectivity index (χ1) is 10.2. The van der Waals surface area contributed by atoms with Crippen LogP contribution < -0.4 is 0 Å². The first-order valence-corrected chi connectivity index (χ1v) is 7.18. The highest BCUT2D eigenvalue weighted by Crippen LogP contribution is 2.29. The maximum Gasteiger partial charge on any atom is 0.102 e. The Morgan fingerprint density at radius 3 is 2.52 bits per heavy atom. The molecule has 0 aliphatic rings. The van der Waals surface area contributed by atoms with Crippen molar-refractivity contribution < 1.29 is 10.2 Å². The minimum atomic E-state index is -0.876. The quantitative estimate of drug-likeness (QED) is 0.777. The summed E-state index contributed by atoms with van der Waals surface area (Å²) in [5.41, 5.74) is 1.92. The normalized spacial score (nSPS) is 14.2. The van der Waals surface area contributed by atoms with Gasteiger partial charge in [0, 0.05) is 22.1 Å². The van der Waals surface area contributed by atoms with Crippen molar-refractivity contribution in [1.29, 1.82) is 0 Å². The molecule has 1 aromatic heterocycles. The van der Waals surface area contributed by atoms with E-state index >= 15 is 0 Å². The van der Waals surface area contributed by atoms with E-state index in [1.54, 1.807) is 0 Å². The van der Waals surface area contributed by atoms with Gasteiger partial charge in [-0.3, -0.25) is 0 Å². The van der Waals surface area contributed by atoms with E-state index in [0.29, 0.717) is 5.02 Å². The molecule has 4 heteroatoms. The third-order valence-electron chi connectivity index (χ3n) is 3.67. The van der Waals surface area contributed by atoms with Gasteiger partial charge < -0.3 is 14.8 Å². The smallest absolute Gasteiger partial charge is 0.102 e. The van der Waals surface area contributed by atoms with Gasteiger partial charge in [0.25, 0.3) is 0 Å². The van der Waals surface area contributed by atoms with Gasteiger partial charge in [0.2, 0.25) is 0 Å². The number of aliphatic hydroxyl groups is 2. The number of fused-ring (bicyclic) bond motifs is 1. The summed E-state index contributed by atoms with van der Waals surface area (Å²) in [7, 11) is 0. The lowest BCUT2D eigenvalue weighted by molar-refractivity contribution is 0.0654. The van der Waals surface area contributed by atoms with Crippen LogP contribution in [0.15, 0.2) is 60.8 Å². The first kappa shape index (κ1) is 14.1. The van der Waals surface area contributed by atoms with Crippen LogP contribution in [0, 0.1) is 0 Å². The standard InChI is InChI=1S/C17H16ClNO2/c18-14-6-7-15-13(10-14)8-9-19(15)17(16(21)11-20)12-4-2-1-3-5-12/h1-10,16-17,20-21H,11H2/t16-,17+/m1/s1. The van der Waals surface area contributed by atoms with Gasteiger partial charge in [-0.15, -0.1) is 0 Å². The van der Waals surface area contributed by atoms with Crippen LogP contribution in [0.3, 0.4) is 0 Å². The van der Waals surface area contributed by atoms with Gasteiger partial charge >= 0.3 is 0 Å². The zero-order chi connectivity index (χ0) is 14.8. The number of aromatic nitrogens is 1. The highest BCUT2D eigenvalue weighted by Gasteiger charge is 2.23. The van der Waals surface area contributed by atoms with Crippen LogP contribution in [-0.2, 0) is 0 Å². The fourth-order valence-corrected chi connectivity index (χ4v) is 2.88. The number of halogens is 1. The zero-order valence-corrected chi connectivity index (χ0v) is 12.1. The molecule has 0 amide bonds. The van der Waals surface area contributed by atoms with Crippen molar-refractivity contribution >= 4 is 22.5 Å². The van der Waals surface area contributed by atoms with Gasteiger partial charge in [-0.25, -0.2) is 0 Å². The van der Waals surface area contributed by atoms with Crippen molar-refractivity contribution in [3.8, 4) is 0 Å². The van der Waals surface area contributed by atoms with Gasteiger partial charge in [-0.1, -0.05) is 41.9 Å². The Bertz CT molecular complexity index is 739. The molecule has 2 N–H and O–H groups in total. The third kappa shape index (κ3) is 2.68. The molecular weight excluding hydrogens is 286 g/mol. The average Bonchev–Trinajstić information content (AvgIpc) is 2.91. The minimum Gasteiger partial charge on any atom is -0.394 e. The van der Waals surface area contributed by atoms with Crippen LogP contribution in [0.2, 0.25) is 5.02 Å². The van der Waals surface area contributed by atoms with Crippen molar-refractivity contribution in [2.45, 2.75) is 12.1 Å². The van der Waals surface area contributed by atoms with Crippen LogP contribution >= 0.6 is 11.6 Å². The molecule has 0 radical (unpaired) electrons. The maximum absolute atomic E-state index is 10.3. The summed E-state index contributed by atoms with van der Waals surface area (Å²) >= 11 is 6.02. The molecule has 0 saturated carbocycles. The van der Waals surface area contributed by atoms with E-state index in [2.05, 4.69) is 0 Å². The summed E-state index contributed by atoms with van der Waals surface area (Å²) in [6, 6.07) is 16.9. The molecule has 0 aliphatic carbocycles. The topological polar surface area (TPSA) is 45.4 Å². The summed E-state index contributed by atoms with van der Waals surface area (Å²) < 4.78 is 1.97. The molecule has 0 bridgehead atoms. The Morgan fingerprint density at radius 1 is 1.05 bits per heavy atom. The number of nitrogens with zero attached hydrogens (tertiary/aromatic N) is 1. The second-order valence-electron chi connectivity index (χ2n) is 5.03. The molecule has 0 saturated heterocycles. The second kappa shape index (κ2) is 5.90.